The zero-order valence-electron chi connectivity index (χ0n) is 15.6. The maximum absolute atomic E-state index is 13.2. The first-order valence-electron chi connectivity index (χ1n) is 9.14. The summed E-state index contributed by atoms with van der Waals surface area (Å²) in [4.78, 5) is 10.6. The molecule has 0 radical (unpaired) electrons. The van der Waals surface area contributed by atoms with Crippen molar-refractivity contribution in [1.29, 1.82) is 0 Å². The number of hydrogen-bond donors (Lipinski definition) is 2. The first kappa shape index (κ1) is 20.4. The second-order valence-electron chi connectivity index (χ2n) is 6.64. The number of aryl methyl sites for hydroxylation is 1. The summed E-state index contributed by atoms with van der Waals surface area (Å²) >= 11 is 0. The van der Waals surface area contributed by atoms with Crippen LogP contribution in [0.1, 0.15) is 25.1 Å². The Morgan fingerprint density at radius 2 is 1.68 bits per heavy atom. The van der Waals surface area contributed by atoms with Gasteiger partial charge in [0.25, 0.3) is 0 Å². The van der Waals surface area contributed by atoms with E-state index in [0.717, 1.165) is 43.9 Å². The lowest BCUT2D eigenvalue weighted by atomic mass is 10.1. The van der Waals surface area contributed by atoms with Gasteiger partial charge in [-0.25, -0.2) is 31.9 Å². The van der Waals surface area contributed by atoms with E-state index < -0.39 is 26.6 Å². The van der Waals surface area contributed by atoms with Gasteiger partial charge in [-0.2, -0.15) is 0 Å². The van der Waals surface area contributed by atoms with Crippen molar-refractivity contribution in [2.24, 2.45) is 0 Å². The van der Waals surface area contributed by atoms with Crippen LogP contribution in [0.5, 0.6) is 0 Å². The Morgan fingerprint density at radius 3 is 2.36 bits per heavy atom. The minimum atomic E-state index is -4.00. The van der Waals surface area contributed by atoms with Crippen LogP contribution in [0.15, 0.2) is 29.2 Å². The Labute approximate surface area is 163 Å². The van der Waals surface area contributed by atoms with Gasteiger partial charge in [0.05, 0.1) is 4.90 Å². The first-order chi connectivity index (χ1) is 13.3. The van der Waals surface area contributed by atoms with Gasteiger partial charge in [0.1, 0.15) is 29.1 Å². The van der Waals surface area contributed by atoms with Crippen LogP contribution < -0.4 is 14.9 Å². The van der Waals surface area contributed by atoms with E-state index in [9.17, 15) is 17.2 Å². The van der Waals surface area contributed by atoms with Crippen LogP contribution in [-0.2, 0) is 10.0 Å². The lowest BCUT2D eigenvalue weighted by Crippen LogP contribution is -2.31. The van der Waals surface area contributed by atoms with Crippen LogP contribution >= 0.6 is 0 Å². The molecular formula is C18H23F2N5O2S. The van der Waals surface area contributed by atoms with Crippen LogP contribution in [0.4, 0.5) is 20.4 Å². The molecule has 3 rings (SSSR count). The summed E-state index contributed by atoms with van der Waals surface area (Å²) in [7, 11) is -4.00. The second-order valence-corrected chi connectivity index (χ2v) is 8.40. The van der Waals surface area contributed by atoms with Crippen molar-refractivity contribution >= 4 is 21.7 Å². The molecule has 0 atom stereocenters. The maximum Gasteiger partial charge on any atom is 0.240 e. The van der Waals surface area contributed by atoms with Crippen LogP contribution in [0, 0.1) is 18.6 Å². The average Bonchev–Trinajstić information content (AvgIpc) is 2.65. The normalized spacial score (nSPS) is 14.9. The molecule has 0 unspecified atom stereocenters. The van der Waals surface area contributed by atoms with Crippen molar-refractivity contribution in [2.45, 2.75) is 31.1 Å². The Morgan fingerprint density at radius 1 is 1.00 bits per heavy atom. The predicted molar refractivity (Wildman–Crippen MR) is 103 cm³/mol. The largest absolute Gasteiger partial charge is 0.369 e. The number of nitrogens with one attached hydrogen (secondary N) is 2. The summed E-state index contributed by atoms with van der Waals surface area (Å²) in [6, 6.07) is 4.02. The average molecular weight is 411 g/mol. The van der Waals surface area contributed by atoms with E-state index in [2.05, 4.69) is 24.9 Å². The third-order valence-electron chi connectivity index (χ3n) is 4.37. The number of anilines is 2. The number of benzene rings is 1. The number of piperidine rings is 1. The predicted octanol–water partition coefficient (Wildman–Crippen LogP) is 2.44. The van der Waals surface area contributed by atoms with Crippen molar-refractivity contribution in [1.82, 2.24) is 14.7 Å². The summed E-state index contributed by atoms with van der Waals surface area (Å²) < 4.78 is 53.1. The van der Waals surface area contributed by atoms with Gasteiger partial charge in [-0.05, 0) is 38.3 Å². The SMILES string of the molecule is Cc1nc(NCCNS(=O)(=O)c2cc(F)cc(F)c2)cc(N2CCCCC2)n1. The van der Waals surface area contributed by atoms with Gasteiger partial charge in [0, 0.05) is 38.3 Å². The molecule has 2 aromatic rings. The van der Waals surface area contributed by atoms with Crippen molar-refractivity contribution < 1.29 is 17.2 Å². The fourth-order valence-electron chi connectivity index (χ4n) is 3.07. The highest BCUT2D eigenvalue weighted by atomic mass is 32.2. The Hall–Kier alpha value is -2.33. The molecule has 2 heterocycles. The molecule has 1 aromatic heterocycles. The van der Waals surface area contributed by atoms with E-state index in [4.69, 9.17) is 0 Å². The molecule has 1 aliphatic rings. The summed E-state index contributed by atoms with van der Waals surface area (Å²) in [5.41, 5.74) is 0. The van der Waals surface area contributed by atoms with Gasteiger partial charge < -0.3 is 10.2 Å². The third kappa shape index (κ3) is 5.35. The molecule has 1 fully saturated rings. The highest BCUT2D eigenvalue weighted by molar-refractivity contribution is 7.89. The minimum Gasteiger partial charge on any atom is -0.369 e. The molecule has 10 heteroatoms. The van der Waals surface area contributed by atoms with Crippen LogP contribution in [0.3, 0.4) is 0 Å². The first-order valence-corrected chi connectivity index (χ1v) is 10.6. The lowest BCUT2D eigenvalue weighted by Gasteiger charge is -2.28. The zero-order chi connectivity index (χ0) is 20.1. The van der Waals surface area contributed by atoms with E-state index in [1.54, 1.807) is 6.92 Å². The van der Waals surface area contributed by atoms with Crippen molar-refractivity contribution in [3.05, 3.63) is 41.7 Å². The number of halogens is 2. The fourth-order valence-corrected chi connectivity index (χ4v) is 4.14. The highest BCUT2D eigenvalue weighted by Gasteiger charge is 2.16. The fraction of sp³-hybridized carbons (Fsp3) is 0.444. The van der Waals surface area contributed by atoms with E-state index in [1.165, 1.54) is 6.42 Å². The molecule has 2 N–H and O–H groups in total. The van der Waals surface area contributed by atoms with E-state index in [0.29, 0.717) is 17.7 Å². The Balaban J connectivity index is 1.58. The van der Waals surface area contributed by atoms with Crippen LogP contribution in [0.2, 0.25) is 0 Å². The Kier molecular flexibility index (Phi) is 6.40. The minimum absolute atomic E-state index is 0.0303. The summed E-state index contributed by atoms with van der Waals surface area (Å²) in [6.07, 6.45) is 3.49. The van der Waals surface area contributed by atoms with Gasteiger partial charge in [-0.15, -0.1) is 0 Å². The van der Waals surface area contributed by atoms with Gasteiger partial charge >= 0.3 is 0 Å². The second kappa shape index (κ2) is 8.78. The van der Waals surface area contributed by atoms with Gasteiger partial charge in [-0.1, -0.05) is 0 Å². The van der Waals surface area contributed by atoms with Gasteiger partial charge in [0.2, 0.25) is 10.0 Å². The molecule has 0 spiro atoms. The van der Waals surface area contributed by atoms with Crippen molar-refractivity contribution in [3.63, 3.8) is 0 Å². The number of rotatable bonds is 7. The molecule has 0 bridgehead atoms. The van der Waals surface area contributed by atoms with E-state index in [-0.39, 0.29) is 13.1 Å². The zero-order valence-corrected chi connectivity index (χ0v) is 16.4. The topological polar surface area (TPSA) is 87.2 Å². The number of sulfonamides is 1. The molecule has 1 aromatic carbocycles. The smallest absolute Gasteiger partial charge is 0.240 e. The summed E-state index contributed by atoms with van der Waals surface area (Å²) in [6.45, 7) is 4.01. The monoisotopic (exact) mass is 411 g/mol. The van der Waals surface area contributed by atoms with Crippen LogP contribution in [0.25, 0.3) is 0 Å². The van der Waals surface area contributed by atoms with E-state index in [1.807, 2.05) is 6.07 Å². The third-order valence-corrected chi connectivity index (χ3v) is 5.81. The molecule has 0 aliphatic carbocycles. The van der Waals surface area contributed by atoms with Gasteiger partial charge in [-0.3, -0.25) is 0 Å². The molecule has 0 saturated carbocycles. The molecule has 0 amide bonds. The van der Waals surface area contributed by atoms with E-state index >= 15 is 0 Å². The molecule has 1 aliphatic heterocycles. The standard InChI is InChI=1S/C18H23F2N5O2S/c1-13-23-17(12-18(24-13)25-7-3-2-4-8-25)21-5-6-22-28(26,27)16-10-14(19)9-15(20)11-16/h9-12,22H,2-8H2,1H3,(H,21,23,24). The molecule has 1 saturated heterocycles. The molecule has 28 heavy (non-hydrogen) atoms. The summed E-state index contributed by atoms with van der Waals surface area (Å²) in [5, 5.41) is 3.06. The maximum atomic E-state index is 13.2. The molecular weight excluding hydrogens is 388 g/mol. The quantitative estimate of drug-likeness (QED) is 0.681. The molecule has 7 nitrogen and oxygen atoms in total. The Bertz CT molecular complexity index is 913. The summed E-state index contributed by atoms with van der Waals surface area (Å²) in [5.74, 6) is 0.191. The lowest BCUT2D eigenvalue weighted by molar-refractivity contribution is 0.562. The van der Waals surface area contributed by atoms with Crippen LogP contribution in [-0.4, -0.2) is 44.6 Å². The van der Waals surface area contributed by atoms with Crippen molar-refractivity contribution in [3.8, 4) is 0 Å². The van der Waals surface area contributed by atoms with Gasteiger partial charge in [0.15, 0.2) is 0 Å². The number of hydrogen-bond acceptors (Lipinski definition) is 6. The highest BCUT2D eigenvalue weighted by Crippen LogP contribution is 2.20. The number of nitrogens with zero attached hydrogens (tertiary/aromatic N) is 3. The van der Waals surface area contributed by atoms with Crippen molar-refractivity contribution in [2.75, 3.05) is 36.4 Å². The number of aromatic nitrogens is 2. The molecule has 152 valence electrons.